The zero-order valence-electron chi connectivity index (χ0n) is 11.1. The molecule has 0 spiro atoms. The summed E-state index contributed by atoms with van der Waals surface area (Å²) in [5, 5.41) is 14.8. The monoisotopic (exact) mass is 270 g/mol. The third-order valence-corrected chi connectivity index (χ3v) is 3.64. The molecule has 1 unspecified atom stereocenters. The van der Waals surface area contributed by atoms with Gasteiger partial charge >= 0.3 is 5.97 Å². The van der Waals surface area contributed by atoms with E-state index in [4.69, 9.17) is 9.84 Å². The lowest BCUT2D eigenvalue weighted by Gasteiger charge is -2.23. The molecule has 1 aliphatic carbocycles. The predicted octanol–water partition coefficient (Wildman–Crippen LogP) is 0.125. The van der Waals surface area contributed by atoms with E-state index in [2.05, 4.69) is 10.6 Å². The summed E-state index contributed by atoms with van der Waals surface area (Å²) in [6.45, 7) is 2.28. The van der Waals surface area contributed by atoms with E-state index >= 15 is 0 Å². The molecular formula is C13H22N2O4. The molecule has 2 fully saturated rings. The van der Waals surface area contributed by atoms with Gasteiger partial charge in [0.25, 0.3) is 0 Å². The van der Waals surface area contributed by atoms with Crippen molar-refractivity contribution in [2.24, 2.45) is 5.92 Å². The number of carboxylic acids is 1. The Morgan fingerprint density at radius 2 is 1.95 bits per heavy atom. The Hall–Kier alpha value is -1.14. The van der Waals surface area contributed by atoms with Crippen molar-refractivity contribution in [3.63, 3.8) is 0 Å². The summed E-state index contributed by atoms with van der Waals surface area (Å²) in [7, 11) is 0. The number of carboxylic acid groups (broad SMARTS) is 1. The van der Waals surface area contributed by atoms with Crippen LogP contribution >= 0.6 is 0 Å². The molecule has 0 aromatic rings. The van der Waals surface area contributed by atoms with Crippen LogP contribution in [-0.2, 0) is 14.3 Å². The molecule has 3 N–H and O–H groups in total. The lowest BCUT2D eigenvalue weighted by Crippen LogP contribution is -2.42. The van der Waals surface area contributed by atoms with Crippen LogP contribution in [0.2, 0.25) is 0 Å². The fraction of sp³-hybridized carbons (Fsp3) is 0.846. The average Bonchev–Trinajstić information content (AvgIpc) is 3.21. The molecule has 6 heteroatoms. The van der Waals surface area contributed by atoms with Crippen LogP contribution in [-0.4, -0.2) is 48.8 Å². The first-order valence-electron chi connectivity index (χ1n) is 7.01. The molecule has 0 aromatic carbocycles. The van der Waals surface area contributed by atoms with Gasteiger partial charge in [-0.25, -0.2) is 4.79 Å². The second-order valence-corrected chi connectivity index (χ2v) is 5.29. The number of carbonyl (C=O) groups excluding carboxylic acids is 1. The first-order chi connectivity index (χ1) is 9.16. The van der Waals surface area contributed by atoms with Crippen molar-refractivity contribution >= 4 is 11.9 Å². The number of ether oxygens (including phenoxy) is 1. The number of amides is 1. The fourth-order valence-electron chi connectivity index (χ4n) is 2.34. The van der Waals surface area contributed by atoms with E-state index < -0.39 is 12.0 Å². The van der Waals surface area contributed by atoms with Gasteiger partial charge in [-0.1, -0.05) is 0 Å². The topological polar surface area (TPSA) is 87.7 Å². The highest BCUT2D eigenvalue weighted by molar-refractivity contribution is 5.84. The van der Waals surface area contributed by atoms with Crippen LogP contribution in [0.3, 0.4) is 0 Å². The number of aliphatic carboxylic acids is 1. The summed E-state index contributed by atoms with van der Waals surface area (Å²) < 4.78 is 5.62. The third kappa shape index (κ3) is 4.80. The summed E-state index contributed by atoms with van der Waals surface area (Å²) in [4.78, 5) is 22.6. The second-order valence-electron chi connectivity index (χ2n) is 5.29. The van der Waals surface area contributed by atoms with E-state index in [9.17, 15) is 9.59 Å². The van der Waals surface area contributed by atoms with Gasteiger partial charge in [0.15, 0.2) is 0 Å². The van der Waals surface area contributed by atoms with Crippen molar-refractivity contribution in [2.45, 2.75) is 44.2 Å². The van der Waals surface area contributed by atoms with Gasteiger partial charge in [0.2, 0.25) is 5.91 Å². The molecule has 0 radical (unpaired) electrons. The summed E-state index contributed by atoms with van der Waals surface area (Å²) >= 11 is 0. The van der Waals surface area contributed by atoms with Crippen molar-refractivity contribution in [3.05, 3.63) is 0 Å². The summed E-state index contributed by atoms with van der Waals surface area (Å²) in [6.07, 6.45) is 4.20. The molecule has 6 nitrogen and oxygen atoms in total. The molecule has 1 aliphatic heterocycles. The Balaban J connectivity index is 1.62. The Morgan fingerprint density at radius 1 is 1.26 bits per heavy atom. The van der Waals surface area contributed by atoms with Crippen LogP contribution in [0.5, 0.6) is 0 Å². The molecule has 2 rings (SSSR count). The minimum atomic E-state index is -0.935. The van der Waals surface area contributed by atoms with E-state index in [-0.39, 0.29) is 24.3 Å². The minimum Gasteiger partial charge on any atom is -0.480 e. The molecule has 1 atom stereocenters. The molecule has 19 heavy (non-hydrogen) atoms. The van der Waals surface area contributed by atoms with Gasteiger partial charge in [0.05, 0.1) is 12.7 Å². The van der Waals surface area contributed by atoms with Crippen molar-refractivity contribution in [1.29, 1.82) is 0 Å². The van der Waals surface area contributed by atoms with E-state index in [1.807, 2.05) is 0 Å². The minimum absolute atomic E-state index is 0.117. The van der Waals surface area contributed by atoms with Crippen LogP contribution in [0, 0.1) is 5.92 Å². The van der Waals surface area contributed by atoms with E-state index in [1.165, 1.54) is 0 Å². The van der Waals surface area contributed by atoms with Crippen LogP contribution < -0.4 is 10.6 Å². The Labute approximate surface area is 112 Å². The highest BCUT2D eigenvalue weighted by Crippen LogP contribution is 2.32. The van der Waals surface area contributed by atoms with Gasteiger partial charge in [-0.2, -0.15) is 0 Å². The van der Waals surface area contributed by atoms with Gasteiger partial charge < -0.3 is 20.5 Å². The molecule has 1 heterocycles. The van der Waals surface area contributed by atoms with Gasteiger partial charge in [-0.3, -0.25) is 4.79 Å². The number of nitrogens with one attached hydrogen (secondary N) is 2. The van der Waals surface area contributed by atoms with Gasteiger partial charge in [-0.15, -0.1) is 0 Å². The average molecular weight is 270 g/mol. The standard InChI is InChI=1S/C13H22N2O4/c16-11(15-12(13(17)18)9-1-2-9)5-8-19-10-3-6-14-7-4-10/h9-10,12,14H,1-8H2,(H,15,16)(H,17,18). The molecular weight excluding hydrogens is 248 g/mol. The van der Waals surface area contributed by atoms with Gasteiger partial charge in [0.1, 0.15) is 6.04 Å². The zero-order valence-corrected chi connectivity index (χ0v) is 11.1. The SMILES string of the molecule is O=C(CCOC1CCNCC1)NC(C(=O)O)C1CC1. The Bertz CT molecular complexity index is 325. The molecule has 0 bridgehead atoms. The van der Waals surface area contributed by atoms with Crippen LogP contribution in [0.1, 0.15) is 32.1 Å². The largest absolute Gasteiger partial charge is 0.480 e. The van der Waals surface area contributed by atoms with E-state index in [1.54, 1.807) is 0 Å². The Kier molecular flexibility index (Phi) is 5.15. The molecule has 1 saturated carbocycles. The smallest absolute Gasteiger partial charge is 0.326 e. The number of hydrogen-bond donors (Lipinski definition) is 3. The van der Waals surface area contributed by atoms with Crippen LogP contribution in [0.25, 0.3) is 0 Å². The summed E-state index contributed by atoms with van der Waals surface area (Å²) in [5.41, 5.74) is 0. The highest BCUT2D eigenvalue weighted by Gasteiger charge is 2.37. The van der Waals surface area contributed by atoms with Crippen LogP contribution in [0.4, 0.5) is 0 Å². The summed E-state index contributed by atoms with van der Waals surface area (Å²) in [6, 6.07) is -0.716. The van der Waals surface area contributed by atoms with Gasteiger partial charge in [-0.05, 0) is 44.7 Å². The van der Waals surface area contributed by atoms with Crippen LogP contribution in [0.15, 0.2) is 0 Å². The van der Waals surface area contributed by atoms with E-state index in [0.29, 0.717) is 6.61 Å². The third-order valence-electron chi connectivity index (χ3n) is 3.64. The summed E-state index contributed by atoms with van der Waals surface area (Å²) in [5.74, 6) is -1.05. The quantitative estimate of drug-likeness (QED) is 0.612. The van der Waals surface area contributed by atoms with Gasteiger partial charge in [0, 0.05) is 6.42 Å². The Morgan fingerprint density at radius 3 is 2.53 bits per heavy atom. The lowest BCUT2D eigenvalue weighted by atomic mass is 10.1. The lowest BCUT2D eigenvalue weighted by molar-refractivity contribution is -0.142. The number of hydrogen-bond acceptors (Lipinski definition) is 4. The number of piperidine rings is 1. The number of rotatable bonds is 7. The van der Waals surface area contributed by atoms with E-state index in [0.717, 1.165) is 38.8 Å². The first kappa shape index (κ1) is 14.3. The predicted molar refractivity (Wildman–Crippen MR) is 68.8 cm³/mol. The maximum Gasteiger partial charge on any atom is 0.326 e. The fourth-order valence-corrected chi connectivity index (χ4v) is 2.34. The van der Waals surface area contributed by atoms with Crippen molar-refractivity contribution in [1.82, 2.24) is 10.6 Å². The molecule has 1 amide bonds. The highest BCUT2D eigenvalue weighted by atomic mass is 16.5. The normalized spacial score (nSPS) is 21.9. The second kappa shape index (κ2) is 6.86. The maximum atomic E-state index is 11.7. The van der Waals surface area contributed by atoms with Crippen molar-refractivity contribution < 1.29 is 19.4 Å². The molecule has 108 valence electrons. The molecule has 1 saturated heterocycles. The zero-order chi connectivity index (χ0) is 13.7. The first-order valence-corrected chi connectivity index (χ1v) is 7.01. The maximum absolute atomic E-state index is 11.7. The van der Waals surface area contributed by atoms with Crippen molar-refractivity contribution in [2.75, 3.05) is 19.7 Å². The number of carbonyl (C=O) groups is 2. The molecule has 0 aromatic heterocycles. The molecule has 2 aliphatic rings. The van der Waals surface area contributed by atoms with Crippen molar-refractivity contribution in [3.8, 4) is 0 Å².